The van der Waals surface area contributed by atoms with Crippen LogP contribution in [0.5, 0.6) is 12.0 Å². The maximum atomic E-state index is 10.1. The van der Waals surface area contributed by atoms with Crippen molar-refractivity contribution in [3.8, 4) is 12.0 Å². The number of hydrogen-bond acceptors (Lipinski definition) is 7. The van der Waals surface area contributed by atoms with Crippen LogP contribution >= 0.6 is 0 Å². The molecule has 7 heteroatoms. The molecule has 1 aliphatic carbocycles. The highest BCUT2D eigenvalue weighted by Crippen LogP contribution is 2.26. The molecular formula is C12H20N4O3. The van der Waals surface area contributed by atoms with Crippen molar-refractivity contribution in [3.05, 3.63) is 0 Å². The fourth-order valence-corrected chi connectivity index (χ4v) is 2.36. The summed E-state index contributed by atoms with van der Waals surface area (Å²) in [4.78, 5) is 14.2. The average molecular weight is 268 g/mol. The topological polar surface area (TPSA) is 80.6 Å². The lowest BCUT2D eigenvalue weighted by atomic mass is 9.92. The van der Waals surface area contributed by atoms with Gasteiger partial charge in [-0.2, -0.15) is 9.97 Å². The molecule has 0 bridgehead atoms. The number of likely N-dealkylation sites (N-methyl/N-ethyl adjacent to an activating group) is 1. The van der Waals surface area contributed by atoms with E-state index in [0.29, 0.717) is 5.95 Å². The number of anilines is 1. The van der Waals surface area contributed by atoms with Gasteiger partial charge >= 0.3 is 12.0 Å². The van der Waals surface area contributed by atoms with Gasteiger partial charge < -0.3 is 19.5 Å². The van der Waals surface area contributed by atoms with E-state index in [1.807, 2.05) is 11.9 Å². The molecule has 7 nitrogen and oxygen atoms in total. The summed E-state index contributed by atoms with van der Waals surface area (Å²) < 4.78 is 10.1. The van der Waals surface area contributed by atoms with E-state index in [1.54, 1.807) is 0 Å². The van der Waals surface area contributed by atoms with Crippen LogP contribution in [0.25, 0.3) is 0 Å². The summed E-state index contributed by atoms with van der Waals surface area (Å²) in [5, 5.41) is 10.1. The van der Waals surface area contributed by atoms with E-state index in [4.69, 9.17) is 9.47 Å². The van der Waals surface area contributed by atoms with E-state index < -0.39 is 0 Å². The van der Waals surface area contributed by atoms with E-state index in [0.717, 1.165) is 25.7 Å². The fraction of sp³-hybridized carbons (Fsp3) is 0.750. The van der Waals surface area contributed by atoms with E-state index in [9.17, 15) is 5.11 Å². The smallest absolute Gasteiger partial charge is 0.324 e. The highest BCUT2D eigenvalue weighted by Gasteiger charge is 2.28. The predicted molar refractivity (Wildman–Crippen MR) is 69.6 cm³/mol. The van der Waals surface area contributed by atoms with E-state index in [1.165, 1.54) is 14.2 Å². The first-order chi connectivity index (χ1) is 9.15. The number of aromatic nitrogens is 3. The van der Waals surface area contributed by atoms with Crippen molar-refractivity contribution in [3.63, 3.8) is 0 Å². The first-order valence-electron chi connectivity index (χ1n) is 6.40. The number of hydrogen-bond donors (Lipinski definition) is 1. The Labute approximate surface area is 112 Å². The van der Waals surface area contributed by atoms with Crippen LogP contribution in [-0.4, -0.2) is 53.5 Å². The molecule has 0 aliphatic heterocycles. The number of aliphatic hydroxyl groups excluding tert-OH is 1. The van der Waals surface area contributed by atoms with Gasteiger partial charge in [-0.15, -0.1) is 4.98 Å². The molecule has 1 aromatic rings. The second kappa shape index (κ2) is 6.01. The maximum Gasteiger partial charge on any atom is 0.324 e. The third-order valence-corrected chi connectivity index (χ3v) is 3.45. The van der Waals surface area contributed by atoms with Gasteiger partial charge in [0.25, 0.3) is 0 Å². The summed E-state index contributed by atoms with van der Waals surface area (Å²) in [6, 6.07) is 0.434. The minimum absolute atomic E-state index is 0.0190. The van der Waals surface area contributed by atoms with Gasteiger partial charge in [-0.3, -0.25) is 0 Å². The quantitative estimate of drug-likeness (QED) is 0.857. The molecular weight excluding hydrogens is 248 g/mol. The van der Waals surface area contributed by atoms with Crippen LogP contribution < -0.4 is 14.4 Å². The maximum absolute atomic E-state index is 10.1. The molecule has 0 amide bonds. The summed E-state index contributed by atoms with van der Waals surface area (Å²) in [5.41, 5.74) is 0. The molecule has 1 aliphatic rings. The minimum Gasteiger partial charge on any atom is -0.467 e. The Hall–Kier alpha value is -1.63. The van der Waals surface area contributed by atoms with Crippen LogP contribution in [0.1, 0.15) is 25.7 Å². The van der Waals surface area contributed by atoms with Gasteiger partial charge in [0.1, 0.15) is 0 Å². The molecule has 0 saturated heterocycles. The van der Waals surface area contributed by atoms with Crippen molar-refractivity contribution in [2.24, 2.45) is 0 Å². The second-order valence-electron chi connectivity index (χ2n) is 4.64. The summed E-state index contributed by atoms with van der Waals surface area (Å²) in [5.74, 6) is 0.453. The van der Waals surface area contributed by atoms with Crippen LogP contribution in [-0.2, 0) is 0 Å². The summed E-state index contributed by atoms with van der Waals surface area (Å²) >= 11 is 0. The zero-order chi connectivity index (χ0) is 13.8. The minimum atomic E-state index is -0.354. The lowest BCUT2D eigenvalue weighted by Gasteiger charge is -2.35. The monoisotopic (exact) mass is 268 g/mol. The van der Waals surface area contributed by atoms with E-state index in [2.05, 4.69) is 15.0 Å². The molecule has 1 saturated carbocycles. The third kappa shape index (κ3) is 3.04. The molecule has 0 aromatic carbocycles. The van der Waals surface area contributed by atoms with Gasteiger partial charge in [0.05, 0.1) is 26.4 Å². The highest BCUT2D eigenvalue weighted by molar-refractivity contribution is 5.33. The lowest BCUT2D eigenvalue weighted by Crippen LogP contribution is -2.44. The predicted octanol–water partition coefficient (Wildman–Crippen LogP) is 0.628. The molecule has 0 spiro atoms. The Morgan fingerprint density at radius 3 is 2.16 bits per heavy atom. The normalized spacial score (nSPS) is 22.9. The van der Waals surface area contributed by atoms with Crippen molar-refractivity contribution >= 4 is 5.95 Å². The van der Waals surface area contributed by atoms with Gasteiger partial charge in [0, 0.05) is 7.05 Å². The molecule has 2 rings (SSSR count). The SMILES string of the molecule is COc1nc(OC)nc(N(C)C2CCCCC2O)n1. The second-order valence-corrected chi connectivity index (χ2v) is 4.64. The third-order valence-electron chi connectivity index (χ3n) is 3.45. The Morgan fingerprint density at radius 2 is 1.63 bits per heavy atom. The van der Waals surface area contributed by atoms with E-state index in [-0.39, 0.29) is 24.2 Å². The fourth-order valence-electron chi connectivity index (χ4n) is 2.36. The van der Waals surface area contributed by atoms with Crippen LogP contribution in [0.3, 0.4) is 0 Å². The summed E-state index contributed by atoms with van der Waals surface area (Å²) in [6.45, 7) is 0. The van der Waals surface area contributed by atoms with Crippen LogP contribution in [0.2, 0.25) is 0 Å². The molecule has 1 heterocycles. The van der Waals surface area contributed by atoms with Gasteiger partial charge in [-0.1, -0.05) is 12.8 Å². The van der Waals surface area contributed by atoms with Crippen LogP contribution in [0.4, 0.5) is 5.95 Å². The number of methoxy groups -OCH3 is 2. The highest BCUT2D eigenvalue weighted by atomic mass is 16.5. The summed E-state index contributed by atoms with van der Waals surface area (Å²) in [7, 11) is 4.86. The molecule has 106 valence electrons. The first kappa shape index (κ1) is 13.8. The van der Waals surface area contributed by atoms with Crippen molar-refractivity contribution < 1.29 is 14.6 Å². The van der Waals surface area contributed by atoms with Gasteiger partial charge in [-0.25, -0.2) is 0 Å². The Morgan fingerprint density at radius 1 is 1.05 bits per heavy atom. The first-order valence-corrected chi connectivity index (χ1v) is 6.40. The molecule has 1 N–H and O–H groups in total. The van der Waals surface area contributed by atoms with Crippen molar-refractivity contribution in [1.82, 2.24) is 15.0 Å². The average Bonchev–Trinajstić information content (AvgIpc) is 2.46. The van der Waals surface area contributed by atoms with Crippen molar-refractivity contribution in [2.75, 3.05) is 26.2 Å². The molecule has 19 heavy (non-hydrogen) atoms. The molecule has 2 unspecified atom stereocenters. The molecule has 1 aromatic heterocycles. The number of ether oxygens (including phenoxy) is 2. The Bertz CT molecular complexity index is 407. The zero-order valence-electron chi connectivity index (χ0n) is 11.5. The number of aliphatic hydroxyl groups is 1. The van der Waals surface area contributed by atoms with Gasteiger partial charge in [0.2, 0.25) is 5.95 Å². The number of rotatable bonds is 4. The van der Waals surface area contributed by atoms with E-state index >= 15 is 0 Å². The largest absolute Gasteiger partial charge is 0.467 e. The van der Waals surface area contributed by atoms with Gasteiger partial charge in [0.15, 0.2) is 0 Å². The Kier molecular flexibility index (Phi) is 4.36. The van der Waals surface area contributed by atoms with Crippen LogP contribution in [0.15, 0.2) is 0 Å². The molecule has 0 radical (unpaired) electrons. The summed E-state index contributed by atoms with van der Waals surface area (Å²) in [6.07, 6.45) is 3.55. The Balaban J connectivity index is 2.24. The van der Waals surface area contributed by atoms with Crippen molar-refractivity contribution in [1.29, 1.82) is 0 Å². The van der Waals surface area contributed by atoms with Crippen LogP contribution in [0, 0.1) is 0 Å². The van der Waals surface area contributed by atoms with Crippen molar-refractivity contribution in [2.45, 2.75) is 37.8 Å². The molecule has 1 fully saturated rings. The standard InChI is InChI=1S/C12H20N4O3/c1-16(8-6-4-5-7-9(8)17)10-13-11(18-2)15-12(14-10)19-3/h8-9,17H,4-7H2,1-3H3. The van der Waals surface area contributed by atoms with Gasteiger partial charge in [-0.05, 0) is 12.8 Å². The zero-order valence-corrected chi connectivity index (χ0v) is 11.5. The molecule has 2 atom stereocenters. The number of nitrogens with zero attached hydrogens (tertiary/aromatic N) is 4. The lowest BCUT2D eigenvalue weighted by molar-refractivity contribution is 0.105.